The number of aliphatic carboxylic acids is 1. The van der Waals surface area contributed by atoms with E-state index in [4.69, 9.17) is 5.11 Å². The molecule has 21 heavy (non-hydrogen) atoms. The van der Waals surface area contributed by atoms with Gasteiger partial charge in [-0.2, -0.15) is 0 Å². The molecule has 2 fully saturated rings. The predicted octanol–water partition coefficient (Wildman–Crippen LogP) is 0.330. The third-order valence-electron chi connectivity index (χ3n) is 4.35. The van der Waals surface area contributed by atoms with Gasteiger partial charge >= 0.3 is 5.97 Å². The lowest BCUT2D eigenvalue weighted by Gasteiger charge is -2.40. The van der Waals surface area contributed by atoms with Crippen LogP contribution in [0.4, 0.5) is 5.69 Å². The topological polar surface area (TPSA) is 81.7 Å². The fraction of sp³-hybridized carbons (Fsp3) is 0.467. The van der Waals surface area contributed by atoms with E-state index >= 15 is 0 Å². The van der Waals surface area contributed by atoms with Crippen molar-refractivity contribution in [2.24, 2.45) is 0 Å². The summed E-state index contributed by atoms with van der Waals surface area (Å²) in [6, 6.07) is 7.47. The molecule has 112 valence electrons. The van der Waals surface area contributed by atoms with Gasteiger partial charge in [0, 0.05) is 5.69 Å². The molecule has 3 N–H and O–H groups in total. The van der Waals surface area contributed by atoms with Crippen molar-refractivity contribution in [3.05, 3.63) is 29.8 Å². The average molecular weight is 289 g/mol. The first-order valence-electron chi connectivity index (χ1n) is 7.19. The van der Waals surface area contributed by atoms with Crippen LogP contribution in [-0.4, -0.2) is 42.3 Å². The molecule has 1 spiro atoms. The molecule has 1 aromatic rings. The summed E-state index contributed by atoms with van der Waals surface area (Å²) in [7, 11) is 0. The van der Waals surface area contributed by atoms with Crippen LogP contribution in [0.1, 0.15) is 18.4 Å². The Kier molecular flexibility index (Phi) is 3.55. The summed E-state index contributed by atoms with van der Waals surface area (Å²) in [6.45, 7) is 2.12. The molecular weight excluding hydrogens is 270 g/mol. The first-order chi connectivity index (χ1) is 10.1. The zero-order chi connectivity index (χ0) is 14.9. The molecule has 1 aromatic carbocycles. The fourth-order valence-corrected chi connectivity index (χ4v) is 3.27. The SMILES string of the molecule is O=C(O)Cc1cccc(N2CNC(=O)C23CCNCC3)c1. The predicted molar refractivity (Wildman–Crippen MR) is 78.1 cm³/mol. The molecule has 2 heterocycles. The lowest BCUT2D eigenvalue weighted by Crippen LogP contribution is -2.55. The molecule has 0 bridgehead atoms. The summed E-state index contributed by atoms with van der Waals surface area (Å²) >= 11 is 0. The molecular formula is C15H19N3O3. The van der Waals surface area contributed by atoms with Crippen molar-refractivity contribution < 1.29 is 14.7 Å². The first-order valence-corrected chi connectivity index (χ1v) is 7.19. The molecule has 0 unspecified atom stereocenters. The van der Waals surface area contributed by atoms with Gasteiger partial charge in [-0.3, -0.25) is 9.59 Å². The van der Waals surface area contributed by atoms with Crippen LogP contribution in [0.3, 0.4) is 0 Å². The number of carboxylic acid groups (broad SMARTS) is 1. The zero-order valence-electron chi connectivity index (χ0n) is 11.8. The summed E-state index contributed by atoms with van der Waals surface area (Å²) in [4.78, 5) is 25.3. The Morgan fingerprint density at radius 2 is 2.10 bits per heavy atom. The maximum atomic E-state index is 12.3. The highest BCUT2D eigenvalue weighted by molar-refractivity contribution is 5.93. The van der Waals surface area contributed by atoms with Crippen LogP contribution in [0, 0.1) is 0 Å². The standard InChI is InChI=1S/C15H19N3O3/c19-13(20)9-11-2-1-3-12(8-11)18-10-17-14(21)15(18)4-6-16-7-5-15/h1-3,8,16H,4-7,9-10H2,(H,17,21)(H,19,20). The van der Waals surface area contributed by atoms with E-state index in [1.807, 2.05) is 18.2 Å². The minimum absolute atomic E-state index is 0.00237. The Hall–Kier alpha value is -2.08. The van der Waals surface area contributed by atoms with Gasteiger partial charge in [-0.1, -0.05) is 12.1 Å². The lowest BCUT2D eigenvalue weighted by atomic mass is 9.86. The van der Waals surface area contributed by atoms with E-state index in [2.05, 4.69) is 15.5 Å². The molecule has 0 aromatic heterocycles. The van der Waals surface area contributed by atoms with Crippen LogP contribution in [0.2, 0.25) is 0 Å². The van der Waals surface area contributed by atoms with Crippen LogP contribution in [0.5, 0.6) is 0 Å². The number of nitrogens with one attached hydrogen (secondary N) is 2. The summed E-state index contributed by atoms with van der Waals surface area (Å²) in [5.41, 5.74) is 1.17. The van der Waals surface area contributed by atoms with E-state index in [0.29, 0.717) is 6.67 Å². The Balaban J connectivity index is 1.91. The number of anilines is 1. The molecule has 0 atom stereocenters. The number of piperidine rings is 1. The zero-order valence-corrected chi connectivity index (χ0v) is 11.8. The Labute approximate surface area is 123 Å². The minimum atomic E-state index is -0.848. The fourth-order valence-electron chi connectivity index (χ4n) is 3.27. The molecule has 3 rings (SSSR count). The van der Waals surface area contributed by atoms with Crippen LogP contribution < -0.4 is 15.5 Å². The van der Waals surface area contributed by atoms with Crippen LogP contribution in [0.15, 0.2) is 24.3 Å². The normalized spacial score (nSPS) is 20.6. The van der Waals surface area contributed by atoms with Crippen LogP contribution in [0.25, 0.3) is 0 Å². The number of benzene rings is 1. The second kappa shape index (κ2) is 5.37. The Bertz CT molecular complexity index is 567. The number of amides is 1. The highest BCUT2D eigenvalue weighted by Crippen LogP contribution is 2.34. The lowest BCUT2D eigenvalue weighted by molar-refractivity contribution is -0.136. The average Bonchev–Trinajstić information content (AvgIpc) is 2.76. The number of carbonyl (C=O) groups is 2. The van der Waals surface area contributed by atoms with Gasteiger partial charge in [0.15, 0.2) is 0 Å². The van der Waals surface area contributed by atoms with Gasteiger partial charge in [0.05, 0.1) is 13.1 Å². The number of hydrogen-bond acceptors (Lipinski definition) is 4. The van der Waals surface area contributed by atoms with Crippen LogP contribution in [-0.2, 0) is 16.0 Å². The van der Waals surface area contributed by atoms with Gasteiger partial charge in [-0.15, -0.1) is 0 Å². The smallest absolute Gasteiger partial charge is 0.307 e. The van der Waals surface area contributed by atoms with Gasteiger partial charge < -0.3 is 20.6 Å². The third kappa shape index (κ3) is 2.47. The summed E-state index contributed by atoms with van der Waals surface area (Å²) < 4.78 is 0. The second-order valence-electron chi connectivity index (χ2n) is 5.61. The van der Waals surface area contributed by atoms with Gasteiger partial charge in [-0.25, -0.2) is 0 Å². The molecule has 6 nitrogen and oxygen atoms in total. The van der Waals surface area contributed by atoms with E-state index in [1.165, 1.54) is 0 Å². The molecule has 0 saturated carbocycles. The Morgan fingerprint density at radius 1 is 1.33 bits per heavy atom. The highest BCUT2D eigenvalue weighted by atomic mass is 16.4. The van der Waals surface area contributed by atoms with E-state index in [-0.39, 0.29) is 12.3 Å². The highest BCUT2D eigenvalue weighted by Gasteiger charge is 2.49. The maximum Gasteiger partial charge on any atom is 0.307 e. The second-order valence-corrected chi connectivity index (χ2v) is 5.61. The Morgan fingerprint density at radius 3 is 2.81 bits per heavy atom. The molecule has 6 heteroatoms. The van der Waals surface area contributed by atoms with Crippen molar-refractivity contribution >= 4 is 17.6 Å². The van der Waals surface area contributed by atoms with Crippen molar-refractivity contribution in [2.45, 2.75) is 24.8 Å². The maximum absolute atomic E-state index is 12.3. The van der Waals surface area contributed by atoms with E-state index in [9.17, 15) is 9.59 Å². The molecule has 0 aliphatic carbocycles. The minimum Gasteiger partial charge on any atom is -0.481 e. The largest absolute Gasteiger partial charge is 0.481 e. The van der Waals surface area contributed by atoms with Gasteiger partial charge in [0.1, 0.15) is 5.54 Å². The van der Waals surface area contributed by atoms with Crippen molar-refractivity contribution in [1.82, 2.24) is 10.6 Å². The van der Waals surface area contributed by atoms with Crippen LogP contribution >= 0.6 is 0 Å². The summed E-state index contributed by atoms with van der Waals surface area (Å²) in [6.07, 6.45) is 1.53. The van der Waals surface area contributed by atoms with Gasteiger partial charge in [0.2, 0.25) is 5.91 Å². The molecule has 2 aliphatic heterocycles. The number of hydrogen-bond donors (Lipinski definition) is 3. The number of carboxylic acids is 1. The molecule has 1 amide bonds. The van der Waals surface area contributed by atoms with E-state index in [0.717, 1.165) is 37.2 Å². The molecule has 2 aliphatic rings. The van der Waals surface area contributed by atoms with Crippen molar-refractivity contribution in [3.63, 3.8) is 0 Å². The first kappa shape index (κ1) is 13.9. The van der Waals surface area contributed by atoms with Crippen molar-refractivity contribution in [1.29, 1.82) is 0 Å². The van der Waals surface area contributed by atoms with Crippen molar-refractivity contribution in [3.8, 4) is 0 Å². The van der Waals surface area contributed by atoms with E-state index < -0.39 is 11.5 Å². The van der Waals surface area contributed by atoms with Crippen molar-refractivity contribution in [2.75, 3.05) is 24.7 Å². The van der Waals surface area contributed by atoms with E-state index in [1.54, 1.807) is 6.07 Å². The molecule has 0 radical (unpaired) electrons. The molecule has 2 saturated heterocycles. The summed E-state index contributed by atoms with van der Waals surface area (Å²) in [5.74, 6) is -0.771. The number of nitrogens with zero attached hydrogens (tertiary/aromatic N) is 1. The van der Waals surface area contributed by atoms with Gasteiger partial charge in [-0.05, 0) is 43.6 Å². The van der Waals surface area contributed by atoms with Gasteiger partial charge in [0.25, 0.3) is 0 Å². The number of carbonyl (C=O) groups excluding carboxylic acids is 1. The number of rotatable bonds is 3. The third-order valence-corrected chi connectivity index (χ3v) is 4.35. The quantitative estimate of drug-likeness (QED) is 0.747. The monoisotopic (exact) mass is 289 g/mol. The summed E-state index contributed by atoms with van der Waals surface area (Å²) in [5, 5.41) is 15.1.